The second kappa shape index (κ2) is 7.92. The number of benzene rings is 2. The minimum Gasteiger partial charge on any atom is -0.444 e. The molecule has 4 rings (SSSR count). The van der Waals surface area contributed by atoms with E-state index in [1.54, 1.807) is 0 Å². The molecule has 0 saturated carbocycles. The molecule has 2 fully saturated rings. The van der Waals surface area contributed by atoms with Gasteiger partial charge in [-0.2, -0.15) is 0 Å². The van der Waals surface area contributed by atoms with Gasteiger partial charge < -0.3 is 20.3 Å². The molecule has 0 unspecified atom stereocenters. The van der Waals surface area contributed by atoms with Crippen LogP contribution in [-0.4, -0.2) is 53.7 Å². The molecule has 0 spiro atoms. The van der Waals surface area contributed by atoms with Gasteiger partial charge in [-0.25, -0.2) is 9.59 Å². The van der Waals surface area contributed by atoms with Crippen LogP contribution in [-0.2, 0) is 11.2 Å². The Balaban J connectivity index is 1.56. The Hall–Kier alpha value is -3.02. The molecule has 6 heteroatoms. The average Bonchev–Trinajstić information content (AvgIpc) is 3.03. The van der Waals surface area contributed by atoms with Crippen molar-refractivity contribution in [3.05, 3.63) is 60.2 Å². The fraction of sp³-hybridized carbons (Fsp3) is 0.364. The van der Waals surface area contributed by atoms with E-state index >= 15 is 0 Å². The van der Waals surface area contributed by atoms with Crippen LogP contribution in [0.1, 0.15) is 18.4 Å². The third kappa shape index (κ3) is 3.81. The Morgan fingerprint density at radius 2 is 1.75 bits per heavy atom. The maximum Gasteiger partial charge on any atom is 0.404 e. The SMILES string of the molecule is NC(=O)O[C@H]1CCN(C(=O)N2CCC2)[C@H]1Cc1cccc(-c2ccccc2)c1. The lowest BCUT2D eigenvalue weighted by molar-refractivity contribution is 0.0720. The topological polar surface area (TPSA) is 75.9 Å². The van der Waals surface area contributed by atoms with E-state index in [2.05, 4.69) is 30.3 Å². The number of nitrogens with zero attached hydrogens (tertiary/aromatic N) is 2. The van der Waals surface area contributed by atoms with E-state index in [9.17, 15) is 9.59 Å². The summed E-state index contributed by atoms with van der Waals surface area (Å²) in [6.45, 7) is 2.18. The zero-order valence-corrected chi connectivity index (χ0v) is 15.8. The van der Waals surface area contributed by atoms with Crippen LogP contribution in [0.2, 0.25) is 0 Å². The van der Waals surface area contributed by atoms with E-state index in [1.165, 1.54) is 0 Å². The van der Waals surface area contributed by atoms with E-state index in [-0.39, 0.29) is 18.2 Å². The van der Waals surface area contributed by atoms with Crippen LogP contribution in [0.5, 0.6) is 0 Å². The van der Waals surface area contributed by atoms with Gasteiger partial charge in [-0.3, -0.25) is 0 Å². The Bertz CT molecular complexity index is 851. The maximum atomic E-state index is 12.8. The van der Waals surface area contributed by atoms with Crippen molar-refractivity contribution in [2.75, 3.05) is 19.6 Å². The van der Waals surface area contributed by atoms with Gasteiger partial charge in [-0.1, -0.05) is 54.6 Å². The van der Waals surface area contributed by atoms with Gasteiger partial charge in [0, 0.05) is 26.1 Å². The van der Waals surface area contributed by atoms with Crippen LogP contribution in [0.3, 0.4) is 0 Å². The predicted octanol–water partition coefficient (Wildman–Crippen LogP) is 3.26. The molecule has 2 aromatic carbocycles. The Labute approximate surface area is 164 Å². The summed E-state index contributed by atoms with van der Waals surface area (Å²) >= 11 is 0. The van der Waals surface area contributed by atoms with Crippen molar-refractivity contribution >= 4 is 12.1 Å². The number of hydrogen-bond donors (Lipinski definition) is 1. The fourth-order valence-electron chi connectivity index (χ4n) is 4.03. The summed E-state index contributed by atoms with van der Waals surface area (Å²) in [7, 11) is 0. The summed E-state index contributed by atoms with van der Waals surface area (Å²) in [6, 6.07) is 18.3. The van der Waals surface area contributed by atoms with E-state index in [4.69, 9.17) is 10.5 Å². The smallest absolute Gasteiger partial charge is 0.404 e. The molecule has 2 heterocycles. The Kier molecular flexibility index (Phi) is 5.19. The maximum absolute atomic E-state index is 12.8. The highest BCUT2D eigenvalue weighted by Crippen LogP contribution is 2.28. The molecule has 2 aliphatic rings. The monoisotopic (exact) mass is 379 g/mol. The second-order valence-corrected chi connectivity index (χ2v) is 7.42. The molecule has 2 aromatic rings. The fourth-order valence-corrected chi connectivity index (χ4v) is 4.03. The summed E-state index contributed by atoms with van der Waals surface area (Å²) in [5, 5.41) is 0. The summed E-state index contributed by atoms with van der Waals surface area (Å²) in [5.74, 6) is 0. The standard InChI is InChI=1S/C22H25N3O3/c23-21(26)28-20-10-13-25(22(27)24-11-5-12-24)19(20)15-16-6-4-9-18(14-16)17-7-2-1-3-8-17/h1-4,6-9,14,19-20H,5,10-13,15H2,(H2,23,26)/t19-,20-/m0/s1. The third-order valence-electron chi connectivity index (χ3n) is 5.60. The molecule has 3 amide bonds. The van der Waals surface area contributed by atoms with E-state index in [1.807, 2.05) is 34.1 Å². The highest BCUT2D eigenvalue weighted by molar-refractivity contribution is 5.76. The predicted molar refractivity (Wildman–Crippen MR) is 107 cm³/mol. The summed E-state index contributed by atoms with van der Waals surface area (Å²) in [4.78, 5) is 27.9. The van der Waals surface area contributed by atoms with Crippen LogP contribution in [0.25, 0.3) is 11.1 Å². The largest absolute Gasteiger partial charge is 0.444 e. The van der Waals surface area contributed by atoms with Gasteiger partial charge in [-0.15, -0.1) is 0 Å². The lowest BCUT2D eigenvalue weighted by Crippen LogP contribution is -2.53. The molecule has 0 aromatic heterocycles. The normalized spacial score (nSPS) is 21.3. The van der Waals surface area contributed by atoms with Crippen LogP contribution in [0.15, 0.2) is 54.6 Å². The second-order valence-electron chi connectivity index (χ2n) is 7.42. The van der Waals surface area contributed by atoms with E-state index in [0.29, 0.717) is 19.4 Å². The van der Waals surface area contributed by atoms with Gasteiger partial charge in [0.2, 0.25) is 0 Å². The molecule has 0 aliphatic carbocycles. The highest BCUT2D eigenvalue weighted by atomic mass is 16.6. The summed E-state index contributed by atoms with van der Waals surface area (Å²) < 4.78 is 5.35. The third-order valence-corrected chi connectivity index (χ3v) is 5.60. The van der Waals surface area contributed by atoms with E-state index < -0.39 is 6.09 Å². The van der Waals surface area contributed by atoms with Crippen molar-refractivity contribution in [2.45, 2.75) is 31.4 Å². The van der Waals surface area contributed by atoms with Crippen LogP contribution >= 0.6 is 0 Å². The molecule has 28 heavy (non-hydrogen) atoms. The highest BCUT2D eigenvalue weighted by Gasteiger charge is 2.41. The molecule has 2 aliphatic heterocycles. The van der Waals surface area contributed by atoms with Crippen molar-refractivity contribution in [1.29, 1.82) is 0 Å². The first-order valence-electron chi connectivity index (χ1n) is 9.78. The summed E-state index contributed by atoms with van der Waals surface area (Å²) in [5.41, 5.74) is 8.65. The number of ether oxygens (including phenoxy) is 1. The molecule has 146 valence electrons. The zero-order chi connectivity index (χ0) is 19.5. The van der Waals surface area contributed by atoms with Crippen LogP contribution in [0, 0.1) is 0 Å². The summed E-state index contributed by atoms with van der Waals surface area (Å²) in [6.07, 6.45) is 1.13. The molecule has 0 radical (unpaired) electrons. The van der Waals surface area contributed by atoms with Gasteiger partial charge in [0.25, 0.3) is 0 Å². The van der Waals surface area contributed by atoms with Gasteiger partial charge in [-0.05, 0) is 29.5 Å². The molecular formula is C22H25N3O3. The number of urea groups is 1. The van der Waals surface area contributed by atoms with Gasteiger partial charge >= 0.3 is 12.1 Å². The quantitative estimate of drug-likeness (QED) is 0.886. The van der Waals surface area contributed by atoms with Crippen molar-refractivity contribution in [2.24, 2.45) is 5.73 Å². The molecule has 6 nitrogen and oxygen atoms in total. The van der Waals surface area contributed by atoms with Crippen LogP contribution < -0.4 is 5.73 Å². The van der Waals surface area contributed by atoms with Crippen molar-refractivity contribution < 1.29 is 14.3 Å². The first-order chi connectivity index (χ1) is 13.6. The Morgan fingerprint density at radius 3 is 2.43 bits per heavy atom. The number of amides is 3. The van der Waals surface area contributed by atoms with Crippen molar-refractivity contribution in [3.8, 4) is 11.1 Å². The number of nitrogens with two attached hydrogens (primary N) is 1. The molecule has 2 N–H and O–H groups in total. The average molecular weight is 379 g/mol. The minimum absolute atomic E-state index is 0.0334. The number of hydrogen-bond acceptors (Lipinski definition) is 3. The van der Waals surface area contributed by atoms with Gasteiger partial charge in [0.1, 0.15) is 6.10 Å². The van der Waals surface area contributed by atoms with Crippen molar-refractivity contribution in [3.63, 3.8) is 0 Å². The van der Waals surface area contributed by atoms with Crippen LogP contribution in [0.4, 0.5) is 9.59 Å². The molecular weight excluding hydrogens is 354 g/mol. The van der Waals surface area contributed by atoms with Gasteiger partial charge in [0.05, 0.1) is 6.04 Å². The van der Waals surface area contributed by atoms with E-state index in [0.717, 1.165) is 36.2 Å². The molecule has 2 atom stereocenters. The van der Waals surface area contributed by atoms with Gasteiger partial charge in [0.15, 0.2) is 0 Å². The minimum atomic E-state index is -0.786. The lowest BCUT2D eigenvalue weighted by Gasteiger charge is -2.37. The number of carbonyl (C=O) groups is 2. The molecule has 0 bridgehead atoms. The lowest BCUT2D eigenvalue weighted by atomic mass is 9.97. The van der Waals surface area contributed by atoms with Crippen molar-refractivity contribution in [1.82, 2.24) is 9.80 Å². The zero-order valence-electron chi connectivity index (χ0n) is 15.8. The first-order valence-corrected chi connectivity index (χ1v) is 9.78. The Morgan fingerprint density at radius 1 is 1.00 bits per heavy atom. The number of likely N-dealkylation sites (tertiary alicyclic amines) is 2. The number of carbonyl (C=O) groups excluding carboxylic acids is 2. The molecule has 2 saturated heterocycles. The first kappa shape index (κ1) is 18.3. The number of rotatable bonds is 4. The number of primary amides is 1.